The molecule has 0 aliphatic rings. The zero-order chi connectivity index (χ0) is 9.52. The average Bonchev–Trinajstić information content (AvgIpc) is 2.55. The molecule has 0 aliphatic heterocycles. The Hall–Kier alpha value is -0.550. The molecule has 74 valence electrons. The number of aromatic nitrogens is 3. The van der Waals surface area contributed by atoms with Crippen LogP contribution in [0.5, 0.6) is 0 Å². The number of nitrogens with zero attached hydrogens (tertiary/aromatic N) is 2. The fourth-order valence-corrected chi connectivity index (χ4v) is 1.62. The molecule has 5 heteroatoms. The predicted octanol–water partition coefficient (Wildman–Crippen LogP) is 1.28. The van der Waals surface area contributed by atoms with E-state index in [0.29, 0.717) is 6.04 Å². The third-order valence-electron chi connectivity index (χ3n) is 1.51. The first kappa shape index (κ1) is 10.5. The molecule has 0 radical (unpaired) electrons. The Morgan fingerprint density at radius 2 is 2.46 bits per heavy atom. The first-order chi connectivity index (χ1) is 6.29. The highest BCUT2D eigenvalue weighted by Crippen LogP contribution is 2.10. The van der Waals surface area contributed by atoms with Gasteiger partial charge in [-0.2, -0.15) is 5.10 Å². The van der Waals surface area contributed by atoms with E-state index in [1.165, 1.54) is 6.33 Å². The molecule has 0 spiro atoms. The van der Waals surface area contributed by atoms with E-state index >= 15 is 0 Å². The third-order valence-corrected chi connectivity index (χ3v) is 2.47. The lowest BCUT2D eigenvalue weighted by molar-refractivity contribution is 0.585. The van der Waals surface area contributed by atoms with Gasteiger partial charge < -0.3 is 5.32 Å². The van der Waals surface area contributed by atoms with E-state index in [1.807, 2.05) is 0 Å². The minimum absolute atomic E-state index is 0.579. The van der Waals surface area contributed by atoms with Gasteiger partial charge in [-0.1, -0.05) is 25.6 Å². The largest absolute Gasteiger partial charge is 0.315 e. The van der Waals surface area contributed by atoms with Crippen molar-refractivity contribution in [1.82, 2.24) is 20.5 Å². The van der Waals surface area contributed by atoms with Crippen LogP contribution in [0.2, 0.25) is 0 Å². The molecule has 0 bridgehead atoms. The highest BCUT2D eigenvalue weighted by atomic mass is 32.2. The van der Waals surface area contributed by atoms with Crippen molar-refractivity contribution >= 4 is 11.8 Å². The lowest BCUT2D eigenvalue weighted by atomic mass is 10.4. The van der Waals surface area contributed by atoms with Crippen molar-refractivity contribution < 1.29 is 0 Å². The second kappa shape index (κ2) is 5.99. The Morgan fingerprint density at radius 3 is 3.08 bits per heavy atom. The molecule has 0 fully saturated rings. The van der Waals surface area contributed by atoms with Crippen molar-refractivity contribution in [3.05, 3.63) is 6.33 Å². The van der Waals surface area contributed by atoms with Crippen LogP contribution < -0.4 is 5.32 Å². The number of hydrogen-bond acceptors (Lipinski definition) is 4. The summed E-state index contributed by atoms with van der Waals surface area (Å²) in [4.78, 5) is 4.02. The van der Waals surface area contributed by atoms with Gasteiger partial charge in [0.05, 0.1) is 0 Å². The van der Waals surface area contributed by atoms with E-state index in [2.05, 4.69) is 34.3 Å². The standard InChI is InChI=1S/C8H16N4S/c1-7(2)9-4-3-5-13-8-10-6-11-12-8/h6-7,9H,3-5H2,1-2H3,(H,10,11,12). The van der Waals surface area contributed by atoms with Crippen molar-refractivity contribution in [2.45, 2.75) is 31.5 Å². The molecule has 0 aromatic carbocycles. The monoisotopic (exact) mass is 200 g/mol. The van der Waals surface area contributed by atoms with Crippen LogP contribution in [0.3, 0.4) is 0 Å². The van der Waals surface area contributed by atoms with Gasteiger partial charge >= 0.3 is 0 Å². The minimum atomic E-state index is 0.579. The molecule has 1 heterocycles. The summed E-state index contributed by atoms with van der Waals surface area (Å²) in [5, 5.41) is 10.9. The van der Waals surface area contributed by atoms with Crippen molar-refractivity contribution in [2.75, 3.05) is 12.3 Å². The van der Waals surface area contributed by atoms with E-state index in [0.717, 1.165) is 23.9 Å². The third kappa shape index (κ3) is 4.90. The lowest BCUT2D eigenvalue weighted by Gasteiger charge is -2.06. The molecule has 2 N–H and O–H groups in total. The van der Waals surface area contributed by atoms with Crippen LogP contribution in [-0.4, -0.2) is 33.5 Å². The van der Waals surface area contributed by atoms with Gasteiger partial charge in [-0.3, -0.25) is 5.10 Å². The SMILES string of the molecule is CC(C)NCCCSc1ncn[nH]1. The Bertz CT molecular complexity index is 210. The molecule has 0 atom stereocenters. The maximum atomic E-state index is 4.02. The van der Waals surface area contributed by atoms with Gasteiger partial charge in [-0.15, -0.1) is 0 Å². The zero-order valence-corrected chi connectivity index (χ0v) is 8.90. The van der Waals surface area contributed by atoms with Crippen LogP contribution in [-0.2, 0) is 0 Å². The summed E-state index contributed by atoms with van der Waals surface area (Å²) < 4.78 is 0. The summed E-state index contributed by atoms with van der Waals surface area (Å²) in [7, 11) is 0. The molecule has 1 aromatic heterocycles. The molecule has 0 saturated heterocycles. The Kier molecular flexibility index (Phi) is 4.85. The van der Waals surface area contributed by atoms with E-state index in [9.17, 15) is 0 Å². The maximum absolute atomic E-state index is 4.02. The van der Waals surface area contributed by atoms with Gasteiger partial charge in [0, 0.05) is 11.8 Å². The Morgan fingerprint density at radius 1 is 1.62 bits per heavy atom. The van der Waals surface area contributed by atoms with Gasteiger partial charge in [0.25, 0.3) is 0 Å². The van der Waals surface area contributed by atoms with Crippen LogP contribution in [0.25, 0.3) is 0 Å². The van der Waals surface area contributed by atoms with E-state index in [-0.39, 0.29) is 0 Å². The predicted molar refractivity (Wildman–Crippen MR) is 54.9 cm³/mol. The number of H-pyrrole nitrogens is 1. The summed E-state index contributed by atoms with van der Waals surface area (Å²) in [6, 6.07) is 0.579. The molecule has 0 amide bonds. The maximum Gasteiger partial charge on any atom is 0.183 e. The lowest BCUT2D eigenvalue weighted by Crippen LogP contribution is -2.23. The fourth-order valence-electron chi connectivity index (χ4n) is 0.896. The normalized spacial score (nSPS) is 11.0. The molecule has 4 nitrogen and oxygen atoms in total. The van der Waals surface area contributed by atoms with Crippen molar-refractivity contribution in [1.29, 1.82) is 0 Å². The first-order valence-corrected chi connectivity index (χ1v) is 5.49. The topological polar surface area (TPSA) is 53.6 Å². The van der Waals surface area contributed by atoms with Crippen LogP contribution in [0, 0.1) is 0 Å². The van der Waals surface area contributed by atoms with Gasteiger partial charge in [0.15, 0.2) is 5.16 Å². The van der Waals surface area contributed by atoms with Crippen molar-refractivity contribution in [2.24, 2.45) is 0 Å². The van der Waals surface area contributed by atoms with E-state index in [1.54, 1.807) is 11.8 Å². The first-order valence-electron chi connectivity index (χ1n) is 4.50. The van der Waals surface area contributed by atoms with Crippen molar-refractivity contribution in [3.63, 3.8) is 0 Å². The summed E-state index contributed by atoms with van der Waals surface area (Å²) >= 11 is 1.71. The quantitative estimate of drug-likeness (QED) is 0.536. The van der Waals surface area contributed by atoms with E-state index < -0.39 is 0 Å². The summed E-state index contributed by atoms with van der Waals surface area (Å²) in [6.45, 7) is 5.38. The van der Waals surface area contributed by atoms with Gasteiger partial charge in [-0.05, 0) is 13.0 Å². The van der Waals surface area contributed by atoms with E-state index in [4.69, 9.17) is 0 Å². The molecular weight excluding hydrogens is 184 g/mol. The molecule has 1 rings (SSSR count). The number of hydrogen-bond donors (Lipinski definition) is 2. The zero-order valence-electron chi connectivity index (χ0n) is 8.08. The van der Waals surface area contributed by atoms with Gasteiger partial charge in [-0.25, -0.2) is 4.98 Å². The molecule has 13 heavy (non-hydrogen) atoms. The van der Waals surface area contributed by atoms with Crippen LogP contribution in [0.4, 0.5) is 0 Å². The van der Waals surface area contributed by atoms with Crippen LogP contribution >= 0.6 is 11.8 Å². The summed E-state index contributed by atoms with van der Waals surface area (Å²) in [6.07, 6.45) is 2.69. The minimum Gasteiger partial charge on any atom is -0.315 e. The van der Waals surface area contributed by atoms with Gasteiger partial charge in [0.2, 0.25) is 0 Å². The Labute approximate surface area is 82.9 Å². The number of thioether (sulfide) groups is 1. The smallest absolute Gasteiger partial charge is 0.183 e. The number of nitrogens with one attached hydrogen (secondary N) is 2. The summed E-state index contributed by atoms with van der Waals surface area (Å²) in [5.74, 6) is 1.08. The number of aromatic amines is 1. The fraction of sp³-hybridized carbons (Fsp3) is 0.750. The highest BCUT2D eigenvalue weighted by molar-refractivity contribution is 7.99. The molecule has 0 unspecified atom stereocenters. The van der Waals surface area contributed by atoms with Crippen LogP contribution in [0.1, 0.15) is 20.3 Å². The summed E-state index contributed by atoms with van der Waals surface area (Å²) in [5.41, 5.74) is 0. The molecule has 0 saturated carbocycles. The second-order valence-electron chi connectivity index (χ2n) is 3.10. The number of rotatable bonds is 6. The molecular formula is C8H16N4S. The molecule has 1 aromatic rings. The second-order valence-corrected chi connectivity index (χ2v) is 4.19. The molecule has 0 aliphatic carbocycles. The highest BCUT2D eigenvalue weighted by Gasteiger charge is 1.96. The van der Waals surface area contributed by atoms with Gasteiger partial charge in [0.1, 0.15) is 6.33 Å². The average molecular weight is 200 g/mol. The van der Waals surface area contributed by atoms with Crippen LogP contribution in [0.15, 0.2) is 11.5 Å². The van der Waals surface area contributed by atoms with Crippen molar-refractivity contribution in [3.8, 4) is 0 Å². The Balaban J connectivity index is 1.96.